The highest BCUT2D eigenvalue weighted by Gasteiger charge is 2.36. The van der Waals surface area contributed by atoms with E-state index in [1.807, 2.05) is 36.4 Å². The first-order valence-corrected chi connectivity index (χ1v) is 8.77. The second-order valence-electron chi connectivity index (χ2n) is 6.55. The Balaban J connectivity index is 1.68. The van der Waals surface area contributed by atoms with Crippen molar-refractivity contribution in [2.45, 2.75) is 45.2 Å². The lowest BCUT2D eigenvalue weighted by atomic mass is 9.87. The Hall–Kier alpha value is -1.90. The largest absolute Gasteiger partial charge is 0.345 e. The molecule has 0 bridgehead atoms. The summed E-state index contributed by atoms with van der Waals surface area (Å²) in [6.45, 7) is 3.25. The molecule has 24 heavy (non-hydrogen) atoms. The Bertz CT molecular complexity index is 590. The van der Waals surface area contributed by atoms with Crippen LogP contribution >= 0.6 is 0 Å². The summed E-state index contributed by atoms with van der Waals surface area (Å²) in [5, 5.41) is 0. The average molecular weight is 322 g/mol. The molecule has 1 unspecified atom stereocenters. The van der Waals surface area contributed by atoms with Crippen molar-refractivity contribution < 1.29 is 9.47 Å². The molecule has 0 aliphatic heterocycles. The number of hydrogen-bond donors (Lipinski definition) is 0. The summed E-state index contributed by atoms with van der Waals surface area (Å²) in [6.07, 6.45) is 7.73. The third kappa shape index (κ3) is 4.56. The molecule has 2 nitrogen and oxygen atoms in total. The maximum absolute atomic E-state index is 6.32. The van der Waals surface area contributed by atoms with Gasteiger partial charge in [0.05, 0.1) is 13.2 Å². The normalized spacial score (nSPS) is 17.8. The molecule has 1 aliphatic rings. The molecule has 0 N–H and O–H groups in total. The van der Waals surface area contributed by atoms with E-state index in [0.29, 0.717) is 19.1 Å². The quantitative estimate of drug-likeness (QED) is 0.495. The molecule has 126 valence electrons. The highest BCUT2D eigenvalue weighted by molar-refractivity contribution is 5.14. The van der Waals surface area contributed by atoms with E-state index in [1.54, 1.807) is 0 Å². The first kappa shape index (κ1) is 16.9. The molecule has 2 aromatic carbocycles. The first-order valence-electron chi connectivity index (χ1n) is 8.77. The second-order valence-corrected chi connectivity index (χ2v) is 6.55. The molecule has 1 atom stereocenters. The lowest BCUT2D eigenvalue weighted by Crippen LogP contribution is -2.41. The molecular formula is C22H26O2. The molecule has 0 aromatic heterocycles. The van der Waals surface area contributed by atoms with Crippen LogP contribution in [0.15, 0.2) is 72.8 Å². The first-order chi connectivity index (χ1) is 11.8. The van der Waals surface area contributed by atoms with Crippen molar-refractivity contribution in [2.24, 2.45) is 5.92 Å². The van der Waals surface area contributed by atoms with E-state index in [9.17, 15) is 0 Å². The van der Waals surface area contributed by atoms with Crippen LogP contribution < -0.4 is 0 Å². The SMILES string of the molecule is CC(OCc1ccccc1)(OCc1ccccc1)C1CC=CCC1. The fourth-order valence-corrected chi connectivity index (χ4v) is 3.15. The van der Waals surface area contributed by atoms with Crippen molar-refractivity contribution in [3.63, 3.8) is 0 Å². The van der Waals surface area contributed by atoms with Crippen LogP contribution in [0.4, 0.5) is 0 Å². The summed E-state index contributed by atoms with van der Waals surface area (Å²) < 4.78 is 12.6. The van der Waals surface area contributed by atoms with Gasteiger partial charge in [0.15, 0.2) is 5.79 Å². The molecule has 2 aromatic rings. The zero-order chi connectivity index (χ0) is 16.7. The molecule has 0 saturated carbocycles. The van der Waals surface area contributed by atoms with Gasteiger partial charge >= 0.3 is 0 Å². The van der Waals surface area contributed by atoms with Crippen LogP contribution in [0.3, 0.4) is 0 Å². The van der Waals surface area contributed by atoms with Gasteiger partial charge in [-0.15, -0.1) is 0 Å². The van der Waals surface area contributed by atoms with Gasteiger partial charge in [-0.2, -0.15) is 0 Å². The van der Waals surface area contributed by atoms with Crippen molar-refractivity contribution in [1.82, 2.24) is 0 Å². The summed E-state index contributed by atoms with van der Waals surface area (Å²) in [6, 6.07) is 20.6. The molecule has 0 amide bonds. The summed E-state index contributed by atoms with van der Waals surface area (Å²) >= 11 is 0. The zero-order valence-electron chi connectivity index (χ0n) is 14.4. The van der Waals surface area contributed by atoms with Gasteiger partial charge < -0.3 is 9.47 Å². The summed E-state index contributed by atoms with van der Waals surface area (Å²) in [5.41, 5.74) is 2.36. The van der Waals surface area contributed by atoms with Crippen molar-refractivity contribution in [3.8, 4) is 0 Å². The summed E-state index contributed by atoms with van der Waals surface area (Å²) in [4.78, 5) is 0. The van der Waals surface area contributed by atoms with E-state index in [4.69, 9.17) is 9.47 Å². The van der Waals surface area contributed by atoms with Gasteiger partial charge in [0.2, 0.25) is 0 Å². The van der Waals surface area contributed by atoms with Gasteiger partial charge in [-0.1, -0.05) is 72.8 Å². The predicted octanol–water partition coefficient (Wildman–Crippen LogP) is 5.49. The van der Waals surface area contributed by atoms with Crippen LogP contribution in [0.5, 0.6) is 0 Å². The van der Waals surface area contributed by atoms with Gasteiger partial charge in [0.1, 0.15) is 0 Å². The van der Waals surface area contributed by atoms with Crippen LogP contribution in [-0.4, -0.2) is 5.79 Å². The van der Waals surface area contributed by atoms with E-state index in [1.165, 1.54) is 11.1 Å². The molecule has 0 radical (unpaired) electrons. The van der Waals surface area contributed by atoms with Gasteiger partial charge in [0.25, 0.3) is 0 Å². The lowest BCUT2D eigenvalue weighted by molar-refractivity contribution is -0.269. The monoisotopic (exact) mass is 322 g/mol. The highest BCUT2D eigenvalue weighted by atomic mass is 16.7. The van der Waals surface area contributed by atoms with E-state index < -0.39 is 5.79 Å². The van der Waals surface area contributed by atoms with E-state index in [2.05, 4.69) is 43.3 Å². The lowest BCUT2D eigenvalue weighted by Gasteiger charge is -2.38. The van der Waals surface area contributed by atoms with Gasteiger partial charge in [-0.3, -0.25) is 0 Å². The molecule has 2 heteroatoms. The Kier molecular flexibility index (Phi) is 5.84. The molecular weight excluding hydrogens is 296 g/mol. The van der Waals surface area contributed by atoms with Crippen LogP contribution in [0.1, 0.15) is 37.3 Å². The highest BCUT2D eigenvalue weighted by Crippen LogP contribution is 2.34. The fraction of sp³-hybridized carbons (Fsp3) is 0.364. The minimum atomic E-state index is -0.573. The van der Waals surface area contributed by atoms with Gasteiger partial charge in [-0.25, -0.2) is 0 Å². The third-order valence-electron chi connectivity index (χ3n) is 4.75. The number of allylic oxidation sites excluding steroid dienone is 2. The number of hydrogen-bond acceptors (Lipinski definition) is 2. The van der Waals surface area contributed by atoms with Crippen LogP contribution in [0.2, 0.25) is 0 Å². The molecule has 0 saturated heterocycles. The Morgan fingerprint density at radius 1 is 0.833 bits per heavy atom. The fourth-order valence-electron chi connectivity index (χ4n) is 3.15. The minimum Gasteiger partial charge on any atom is -0.345 e. The number of rotatable bonds is 7. The summed E-state index contributed by atoms with van der Waals surface area (Å²) in [7, 11) is 0. The van der Waals surface area contributed by atoms with Crippen molar-refractivity contribution >= 4 is 0 Å². The molecule has 0 spiro atoms. The third-order valence-corrected chi connectivity index (χ3v) is 4.75. The standard InChI is InChI=1S/C22H26O2/c1-22(21-15-9-4-10-16-21,23-17-19-11-5-2-6-12-19)24-18-20-13-7-3-8-14-20/h2-9,11-14,21H,10,15-18H2,1H3. The second kappa shape index (κ2) is 8.27. The Morgan fingerprint density at radius 2 is 1.38 bits per heavy atom. The van der Waals surface area contributed by atoms with E-state index >= 15 is 0 Å². The predicted molar refractivity (Wildman–Crippen MR) is 97.3 cm³/mol. The summed E-state index contributed by atoms with van der Waals surface area (Å²) in [5.74, 6) is -0.189. The van der Waals surface area contributed by atoms with E-state index in [-0.39, 0.29) is 0 Å². The molecule has 3 rings (SSSR count). The van der Waals surface area contributed by atoms with Crippen molar-refractivity contribution in [3.05, 3.63) is 83.9 Å². The van der Waals surface area contributed by atoms with Crippen molar-refractivity contribution in [2.75, 3.05) is 0 Å². The van der Waals surface area contributed by atoms with Gasteiger partial charge in [0, 0.05) is 5.92 Å². The minimum absolute atomic E-state index is 0.384. The number of benzene rings is 2. The van der Waals surface area contributed by atoms with Gasteiger partial charge in [-0.05, 0) is 37.3 Å². The maximum atomic E-state index is 6.32. The van der Waals surface area contributed by atoms with E-state index in [0.717, 1.165) is 19.3 Å². The molecule has 0 heterocycles. The van der Waals surface area contributed by atoms with Crippen LogP contribution in [0, 0.1) is 5.92 Å². The topological polar surface area (TPSA) is 18.5 Å². The maximum Gasteiger partial charge on any atom is 0.169 e. The zero-order valence-corrected chi connectivity index (χ0v) is 14.4. The van der Waals surface area contributed by atoms with Crippen molar-refractivity contribution in [1.29, 1.82) is 0 Å². The van der Waals surface area contributed by atoms with Crippen LogP contribution in [-0.2, 0) is 22.7 Å². The Morgan fingerprint density at radius 3 is 1.83 bits per heavy atom. The smallest absolute Gasteiger partial charge is 0.169 e. The molecule has 1 aliphatic carbocycles. The average Bonchev–Trinajstić information content (AvgIpc) is 2.67. The number of ether oxygens (including phenoxy) is 2. The Labute approximate surface area is 145 Å². The van der Waals surface area contributed by atoms with Crippen LogP contribution in [0.25, 0.3) is 0 Å². The molecule has 0 fully saturated rings.